The van der Waals surface area contributed by atoms with Crippen LogP contribution in [-0.4, -0.2) is 57.8 Å². The number of rotatable bonds is 4. The lowest BCUT2D eigenvalue weighted by atomic mass is 9.78. The summed E-state index contributed by atoms with van der Waals surface area (Å²) < 4.78 is 13.9. The Balaban J connectivity index is 1.35. The van der Waals surface area contributed by atoms with Crippen LogP contribution in [0.2, 0.25) is 0 Å². The molecular formula is C24H29FN4O2. The maximum absolute atomic E-state index is 13.9. The number of amides is 2. The molecule has 2 aromatic rings. The second kappa shape index (κ2) is 9.12. The molecule has 0 unspecified atom stereocenters. The van der Waals surface area contributed by atoms with E-state index in [9.17, 15) is 14.0 Å². The van der Waals surface area contributed by atoms with Crippen LogP contribution in [0.3, 0.4) is 0 Å². The van der Waals surface area contributed by atoms with Gasteiger partial charge in [0, 0.05) is 56.1 Å². The first kappa shape index (κ1) is 21.4. The van der Waals surface area contributed by atoms with Gasteiger partial charge in [0.2, 0.25) is 11.8 Å². The van der Waals surface area contributed by atoms with Gasteiger partial charge in [0.05, 0.1) is 12.1 Å². The summed E-state index contributed by atoms with van der Waals surface area (Å²) in [6, 6.07) is 6.39. The van der Waals surface area contributed by atoms with Crippen molar-refractivity contribution in [3.63, 3.8) is 0 Å². The number of aromatic nitrogens is 2. The third-order valence-electron chi connectivity index (χ3n) is 6.75. The first-order valence-electron chi connectivity index (χ1n) is 11.0. The fraction of sp³-hybridized carbons (Fsp3) is 0.500. The van der Waals surface area contributed by atoms with Crippen LogP contribution in [0.25, 0.3) is 0 Å². The number of carbonyl (C=O) groups is 2. The minimum atomic E-state index is -0.473. The van der Waals surface area contributed by atoms with Crippen molar-refractivity contribution < 1.29 is 14.0 Å². The van der Waals surface area contributed by atoms with E-state index in [0.29, 0.717) is 38.0 Å². The topological polar surface area (TPSA) is 66.4 Å². The van der Waals surface area contributed by atoms with Gasteiger partial charge in [-0.15, -0.1) is 0 Å². The van der Waals surface area contributed by atoms with Gasteiger partial charge in [-0.2, -0.15) is 0 Å². The van der Waals surface area contributed by atoms with E-state index in [4.69, 9.17) is 0 Å². The van der Waals surface area contributed by atoms with E-state index in [2.05, 4.69) is 9.97 Å². The van der Waals surface area contributed by atoms with E-state index in [0.717, 1.165) is 25.1 Å². The Labute approximate surface area is 182 Å². The van der Waals surface area contributed by atoms with Crippen LogP contribution < -0.4 is 0 Å². The average Bonchev–Trinajstić information content (AvgIpc) is 2.81. The molecule has 2 aliphatic rings. The van der Waals surface area contributed by atoms with Gasteiger partial charge in [-0.05, 0) is 37.3 Å². The molecule has 0 bridgehead atoms. The summed E-state index contributed by atoms with van der Waals surface area (Å²) in [6.45, 7) is 4.50. The quantitative estimate of drug-likeness (QED) is 0.756. The maximum atomic E-state index is 13.9. The summed E-state index contributed by atoms with van der Waals surface area (Å²) in [4.78, 5) is 38.4. The molecule has 4 rings (SSSR count). The molecule has 2 aliphatic heterocycles. The van der Waals surface area contributed by atoms with E-state index >= 15 is 0 Å². The number of carbonyl (C=O) groups excluding carboxylic acids is 2. The molecule has 164 valence electrons. The molecule has 0 radical (unpaired) electrons. The monoisotopic (exact) mass is 424 g/mol. The zero-order valence-electron chi connectivity index (χ0n) is 18.0. The largest absolute Gasteiger partial charge is 0.342 e. The van der Waals surface area contributed by atoms with E-state index in [1.165, 1.54) is 6.07 Å². The van der Waals surface area contributed by atoms with Gasteiger partial charge in [-0.25, -0.2) is 4.39 Å². The standard InChI is InChI=1S/C24H29FN4O2/c1-24(23(31)29-12-4-6-19(17-29)21-16-26-10-11-27-21)8-13-28(14-9-24)22(30)15-18-5-2-3-7-20(18)25/h2-3,5,7,10-11,16,19H,4,6,8-9,12-15,17H2,1H3/t19-/m0/s1. The maximum Gasteiger partial charge on any atom is 0.228 e. The average molecular weight is 425 g/mol. The van der Waals surface area contributed by atoms with Crippen molar-refractivity contribution >= 4 is 11.8 Å². The highest BCUT2D eigenvalue weighted by Gasteiger charge is 2.41. The lowest BCUT2D eigenvalue weighted by Crippen LogP contribution is -2.52. The molecule has 1 aromatic heterocycles. The van der Waals surface area contributed by atoms with Crippen LogP contribution in [-0.2, 0) is 16.0 Å². The van der Waals surface area contributed by atoms with Crippen molar-refractivity contribution in [1.82, 2.24) is 19.8 Å². The molecule has 0 spiro atoms. The van der Waals surface area contributed by atoms with Crippen LogP contribution in [0.4, 0.5) is 4.39 Å². The number of halogens is 1. The minimum absolute atomic E-state index is 0.0588. The van der Waals surface area contributed by atoms with Gasteiger partial charge in [0.15, 0.2) is 0 Å². The van der Waals surface area contributed by atoms with Crippen molar-refractivity contribution in [2.75, 3.05) is 26.2 Å². The number of piperidine rings is 2. The summed E-state index contributed by atoms with van der Waals surface area (Å²) in [5, 5.41) is 0. The third kappa shape index (κ3) is 4.75. The fourth-order valence-corrected chi connectivity index (χ4v) is 4.69. The predicted octanol–water partition coefficient (Wildman–Crippen LogP) is 3.19. The second-order valence-electron chi connectivity index (χ2n) is 8.93. The molecule has 2 saturated heterocycles. The minimum Gasteiger partial charge on any atom is -0.342 e. The summed E-state index contributed by atoms with van der Waals surface area (Å²) in [5.41, 5.74) is 0.887. The summed E-state index contributed by atoms with van der Waals surface area (Å²) in [7, 11) is 0. The molecule has 6 nitrogen and oxygen atoms in total. The normalized spacial score (nSPS) is 21.0. The highest BCUT2D eigenvalue weighted by atomic mass is 19.1. The van der Waals surface area contributed by atoms with Crippen LogP contribution in [0.1, 0.15) is 49.8 Å². The van der Waals surface area contributed by atoms with Crippen LogP contribution in [0.15, 0.2) is 42.9 Å². The Hall–Kier alpha value is -2.83. The van der Waals surface area contributed by atoms with Crippen LogP contribution >= 0.6 is 0 Å². The SMILES string of the molecule is CC1(C(=O)N2CCC[C@H](c3cnccn3)C2)CCN(C(=O)Cc2ccccc2F)CC1. The van der Waals surface area contributed by atoms with Gasteiger partial charge >= 0.3 is 0 Å². The van der Waals surface area contributed by atoms with E-state index in [-0.39, 0.29) is 30.0 Å². The lowest BCUT2D eigenvalue weighted by molar-refractivity contribution is -0.148. The zero-order chi connectivity index (χ0) is 21.8. The van der Waals surface area contributed by atoms with Gasteiger partial charge in [-0.3, -0.25) is 19.6 Å². The molecule has 0 N–H and O–H groups in total. The first-order valence-corrected chi connectivity index (χ1v) is 11.0. The Morgan fingerprint density at radius 2 is 1.90 bits per heavy atom. The third-order valence-corrected chi connectivity index (χ3v) is 6.75. The highest BCUT2D eigenvalue weighted by Crippen LogP contribution is 2.36. The van der Waals surface area contributed by atoms with E-state index in [1.807, 2.05) is 11.8 Å². The van der Waals surface area contributed by atoms with E-state index < -0.39 is 5.41 Å². The lowest BCUT2D eigenvalue weighted by Gasteiger charge is -2.43. The van der Waals surface area contributed by atoms with Crippen molar-refractivity contribution in [1.29, 1.82) is 0 Å². The Morgan fingerprint density at radius 1 is 1.13 bits per heavy atom. The second-order valence-corrected chi connectivity index (χ2v) is 8.93. The summed E-state index contributed by atoms with van der Waals surface area (Å²) >= 11 is 0. The Morgan fingerprint density at radius 3 is 2.61 bits per heavy atom. The fourth-order valence-electron chi connectivity index (χ4n) is 4.69. The Bertz CT molecular complexity index is 928. The molecule has 1 atom stereocenters. The van der Waals surface area contributed by atoms with Crippen molar-refractivity contribution in [3.05, 3.63) is 59.9 Å². The van der Waals surface area contributed by atoms with E-state index in [1.54, 1.807) is 41.7 Å². The smallest absolute Gasteiger partial charge is 0.228 e. The molecule has 7 heteroatoms. The van der Waals surface area contributed by atoms with Crippen molar-refractivity contribution in [2.45, 2.75) is 44.9 Å². The van der Waals surface area contributed by atoms with Gasteiger partial charge in [-0.1, -0.05) is 25.1 Å². The zero-order valence-corrected chi connectivity index (χ0v) is 18.0. The van der Waals surface area contributed by atoms with Gasteiger partial charge < -0.3 is 9.80 Å². The predicted molar refractivity (Wildman–Crippen MR) is 115 cm³/mol. The molecule has 3 heterocycles. The first-order chi connectivity index (χ1) is 15.0. The summed E-state index contributed by atoms with van der Waals surface area (Å²) in [5.74, 6) is -0.0457. The number of hydrogen-bond donors (Lipinski definition) is 0. The molecule has 1 aromatic carbocycles. The molecule has 31 heavy (non-hydrogen) atoms. The molecule has 2 fully saturated rings. The van der Waals surface area contributed by atoms with Crippen LogP contribution in [0.5, 0.6) is 0 Å². The number of hydrogen-bond acceptors (Lipinski definition) is 4. The molecule has 0 saturated carbocycles. The Kier molecular flexibility index (Phi) is 6.30. The van der Waals surface area contributed by atoms with Crippen molar-refractivity contribution in [3.8, 4) is 0 Å². The molecular weight excluding hydrogens is 395 g/mol. The van der Waals surface area contributed by atoms with Crippen molar-refractivity contribution in [2.24, 2.45) is 5.41 Å². The molecule has 0 aliphatic carbocycles. The molecule has 2 amide bonds. The van der Waals surface area contributed by atoms with Gasteiger partial charge in [0.25, 0.3) is 0 Å². The van der Waals surface area contributed by atoms with Crippen LogP contribution in [0, 0.1) is 11.2 Å². The number of benzene rings is 1. The highest BCUT2D eigenvalue weighted by molar-refractivity contribution is 5.84. The number of nitrogens with zero attached hydrogens (tertiary/aromatic N) is 4. The van der Waals surface area contributed by atoms with Gasteiger partial charge in [0.1, 0.15) is 5.82 Å². The number of likely N-dealkylation sites (tertiary alicyclic amines) is 2. The summed E-state index contributed by atoms with van der Waals surface area (Å²) in [6.07, 6.45) is 8.43.